The fourth-order valence-corrected chi connectivity index (χ4v) is 3.10. The second-order valence-corrected chi connectivity index (χ2v) is 7.03. The molecule has 1 unspecified atom stereocenters. The number of rotatable bonds is 9. The molecule has 1 amide bonds. The highest BCUT2D eigenvalue weighted by molar-refractivity contribution is 6.33. The monoisotopic (exact) mass is 425 g/mol. The van der Waals surface area contributed by atoms with E-state index in [1.807, 2.05) is 24.3 Å². The fraction of sp³-hybridized carbons (Fsp3) is 0.217. The third-order valence-corrected chi connectivity index (χ3v) is 4.75. The lowest BCUT2D eigenvalue weighted by molar-refractivity contribution is 0.101. The largest absolute Gasteiger partial charge is 0.475 e. The number of hydrogen-bond donors (Lipinski definition) is 2. The molecule has 0 aliphatic heterocycles. The maximum atomic E-state index is 12.7. The molecule has 0 spiro atoms. The molecule has 0 saturated carbocycles. The van der Waals surface area contributed by atoms with Crippen LogP contribution in [0.15, 0.2) is 66.9 Å². The Balaban J connectivity index is 1.68. The van der Waals surface area contributed by atoms with E-state index in [0.29, 0.717) is 29.5 Å². The zero-order valence-electron chi connectivity index (χ0n) is 16.9. The molecule has 0 aliphatic carbocycles. The van der Waals surface area contributed by atoms with Gasteiger partial charge in [-0.15, -0.1) is 0 Å². The number of nitrogens with zero attached hydrogens (tertiary/aromatic N) is 1. The fourth-order valence-electron chi connectivity index (χ4n) is 2.87. The van der Waals surface area contributed by atoms with Crippen LogP contribution in [0.2, 0.25) is 5.02 Å². The molecular formula is C23H24ClN3O3. The highest BCUT2D eigenvalue weighted by Gasteiger charge is 2.15. The van der Waals surface area contributed by atoms with E-state index in [9.17, 15) is 4.79 Å². The van der Waals surface area contributed by atoms with Crippen molar-refractivity contribution in [1.29, 1.82) is 0 Å². The summed E-state index contributed by atoms with van der Waals surface area (Å²) in [5.74, 6) is -0.0712. The molecule has 3 aromatic rings. The van der Waals surface area contributed by atoms with Crippen LogP contribution in [0.3, 0.4) is 0 Å². The number of hydrogen-bond acceptors (Lipinski definition) is 5. The van der Waals surface area contributed by atoms with E-state index < -0.39 is 0 Å². The molecule has 0 radical (unpaired) electrons. The Morgan fingerprint density at radius 3 is 2.63 bits per heavy atom. The van der Waals surface area contributed by atoms with Crippen molar-refractivity contribution < 1.29 is 14.3 Å². The van der Waals surface area contributed by atoms with Crippen molar-refractivity contribution in [2.75, 3.05) is 31.0 Å². The van der Waals surface area contributed by atoms with Gasteiger partial charge in [-0.3, -0.25) is 4.79 Å². The molecule has 1 aromatic heterocycles. The minimum atomic E-state index is -0.329. The Hall–Kier alpha value is -3.09. The van der Waals surface area contributed by atoms with Gasteiger partial charge in [-0.05, 0) is 42.8 Å². The highest BCUT2D eigenvalue weighted by atomic mass is 35.5. The number of benzene rings is 2. The lowest BCUT2D eigenvalue weighted by Gasteiger charge is -2.17. The third-order valence-electron chi connectivity index (χ3n) is 4.44. The highest BCUT2D eigenvalue weighted by Crippen LogP contribution is 2.29. The SMILES string of the molecule is COCCOc1ncccc1C(=O)Nc1ccc(NC(C)c2ccccc2)c(Cl)c1. The number of aromatic nitrogens is 1. The lowest BCUT2D eigenvalue weighted by atomic mass is 10.1. The number of methoxy groups -OCH3 is 1. The maximum Gasteiger partial charge on any atom is 0.261 e. The first kappa shape index (κ1) is 21.6. The minimum absolute atomic E-state index is 0.0892. The summed E-state index contributed by atoms with van der Waals surface area (Å²) in [4.78, 5) is 16.8. The van der Waals surface area contributed by atoms with Crippen molar-refractivity contribution in [2.24, 2.45) is 0 Å². The molecule has 0 saturated heterocycles. The number of anilines is 2. The van der Waals surface area contributed by atoms with E-state index in [4.69, 9.17) is 21.1 Å². The zero-order valence-corrected chi connectivity index (χ0v) is 17.6. The van der Waals surface area contributed by atoms with Crippen LogP contribution in [0.1, 0.15) is 28.9 Å². The van der Waals surface area contributed by atoms with Crippen LogP contribution in [0, 0.1) is 0 Å². The molecule has 3 rings (SSSR count). The van der Waals surface area contributed by atoms with Crippen LogP contribution in [0.4, 0.5) is 11.4 Å². The van der Waals surface area contributed by atoms with Crippen LogP contribution >= 0.6 is 11.6 Å². The van der Waals surface area contributed by atoms with Crippen LogP contribution < -0.4 is 15.4 Å². The van der Waals surface area contributed by atoms with Crippen LogP contribution in [0.25, 0.3) is 0 Å². The van der Waals surface area contributed by atoms with Gasteiger partial charge in [-0.25, -0.2) is 4.98 Å². The molecule has 0 fully saturated rings. The van der Waals surface area contributed by atoms with Gasteiger partial charge in [0.15, 0.2) is 0 Å². The van der Waals surface area contributed by atoms with E-state index in [1.54, 1.807) is 37.6 Å². The maximum absolute atomic E-state index is 12.7. The van der Waals surface area contributed by atoms with Gasteiger partial charge in [0.05, 0.1) is 17.3 Å². The number of amides is 1. The number of carbonyl (C=O) groups is 1. The Morgan fingerprint density at radius 2 is 1.90 bits per heavy atom. The smallest absolute Gasteiger partial charge is 0.261 e. The van der Waals surface area contributed by atoms with E-state index in [1.165, 1.54) is 0 Å². The lowest BCUT2D eigenvalue weighted by Crippen LogP contribution is -2.16. The average Bonchev–Trinajstić information content (AvgIpc) is 2.76. The zero-order chi connectivity index (χ0) is 21.3. The summed E-state index contributed by atoms with van der Waals surface area (Å²) in [6.07, 6.45) is 1.57. The summed E-state index contributed by atoms with van der Waals surface area (Å²) in [6.45, 7) is 2.78. The molecule has 156 valence electrons. The van der Waals surface area contributed by atoms with Crippen LogP contribution in [0.5, 0.6) is 5.88 Å². The molecule has 6 nitrogen and oxygen atoms in total. The normalized spacial score (nSPS) is 11.6. The molecular weight excluding hydrogens is 402 g/mol. The minimum Gasteiger partial charge on any atom is -0.475 e. The first-order valence-electron chi connectivity index (χ1n) is 9.57. The number of nitrogens with one attached hydrogen (secondary N) is 2. The van der Waals surface area contributed by atoms with Crippen molar-refractivity contribution in [3.8, 4) is 5.88 Å². The molecule has 2 N–H and O–H groups in total. The predicted molar refractivity (Wildman–Crippen MR) is 119 cm³/mol. The first-order chi connectivity index (χ1) is 14.6. The molecule has 30 heavy (non-hydrogen) atoms. The van der Waals surface area contributed by atoms with Crippen LogP contribution in [-0.4, -0.2) is 31.2 Å². The third kappa shape index (κ3) is 5.72. The summed E-state index contributed by atoms with van der Waals surface area (Å²) >= 11 is 6.44. The predicted octanol–water partition coefficient (Wildman–Crippen LogP) is 5.19. The number of ether oxygens (including phenoxy) is 2. The Bertz CT molecular complexity index is 982. The van der Waals surface area contributed by atoms with Crippen LogP contribution in [-0.2, 0) is 4.74 Å². The van der Waals surface area contributed by atoms with E-state index in [-0.39, 0.29) is 17.8 Å². The van der Waals surface area contributed by atoms with Gasteiger partial charge in [0.2, 0.25) is 5.88 Å². The van der Waals surface area contributed by atoms with Gasteiger partial charge < -0.3 is 20.1 Å². The molecule has 1 heterocycles. The van der Waals surface area contributed by atoms with Crippen molar-refractivity contribution in [1.82, 2.24) is 4.98 Å². The molecule has 0 bridgehead atoms. The van der Waals surface area contributed by atoms with E-state index in [2.05, 4.69) is 34.7 Å². The number of halogens is 1. The number of pyridine rings is 1. The van der Waals surface area contributed by atoms with E-state index >= 15 is 0 Å². The van der Waals surface area contributed by atoms with Gasteiger partial charge in [0.25, 0.3) is 5.91 Å². The summed E-state index contributed by atoms with van der Waals surface area (Å²) < 4.78 is 10.5. The second kappa shape index (κ2) is 10.6. The summed E-state index contributed by atoms with van der Waals surface area (Å²) in [5.41, 5.74) is 2.86. The van der Waals surface area contributed by atoms with Crippen molar-refractivity contribution in [3.05, 3.63) is 83.0 Å². The van der Waals surface area contributed by atoms with Gasteiger partial charge in [0, 0.05) is 25.0 Å². The molecule has 7 heteroatoms. The summed E-state index contributed by atoms with van der Waals surface area (Å²) in [6, 6.07) is 18.9. The Labute approximate surface area is 181 Å². The second-order valence-electron chi connectivity index (χ2n) is 6.62. The van der Waals surface area contributed by atoms with Gasteiger partial charge in [-0.2, -0.15) is 0 Å². The van der Waals surface area contributed by atoms with Crippen molar-refractivity contribution in [2.45, 2.75) is 13.0 Å². The average molecular weight is 426 g/mol. The Morgan fingerprint density at radius 1 is 1.10 bits per heavy atom. The van der Waals surface area contributed by atoms with Gasteiger partial charge in [-0.1, -0.05) is 41.9 Å². The standard InChI is InChI=1S/C23H24ClN3O3/c1-16(17-7-4-3-5-8-17)26-21-11-10-18(15-20(21)24)27-22(28)19-9-6-12-25-23(19)30-14-13-29-2/h3-12,15-16,26H,13-14H2,1-2H3,(H,27,28). The molecule has 2 aromatic carbocycles. The quantitative estimate of drug-likeness (QED) is 0.462. The summed E-state index contributed by atoms with van der Waals surface area (Å²) in [7, 11) is 1.58. The first-order valence-corrected chi connectivity index (χ1v) is 9.95. The van der Waals surface area contributed by atoms with Crippen molar-refractivity contribution in [3.63, 3.8) is 0 Å². The van der Waals surface area contributed by atoms with E-state index in [0.717, 1.165) is 11.3 Å². The number of carbonyl (C=O) groups excluding carboxylic acids is 1. The molecule has 0 aliphatic rings. The Kier molecular flexibility index (Phi) is 7.65. The summed E-state index contributed by atoms with van der Waals surface area (Å²) in [5, 5.41) is 6.74. The van der Waals surface area contributed by atoms with Gasteiger partial charge in [0.1, 0.15) is 12.2 Å². The van der Waals surface area contributed by atoms with Crippen molar-refractivity contribution >= 4 is 28.9 Å². The topological polar surface area (TPSA) is 72.5 Å². The molecule has 1 atom stereocenters. The van der Waals surface area contributed by atoms with Gasteiger partial charge >= 0.3 is 0 Å².